The van der Waals surface area contributed by atoms with Crippen molar-refractivity contribution in [3.8, 4) is 0 Å². The van der Waals surface area contributed by atoms with Gasteiger partial charge in [-0.2, -0.15) is 5.48 Å². The average Bonchev–Trinajstić information content (AvgIpc) is 2.77. The highest BCUT2D eigenvalue weighted by Gasteiger charge is 2.36. The molecule has 0 aromatic carbocycles. The lowest BCUT2D eigenvalue weighted by molar-refractivity contribution is -0.0430. The number of aromatic nitrogens is 2. The monoisotopic (exact) mass is 271 g/mol. The third-order valence-corrected chi connectivity index (χ3v) is 3.14. The van der Waals surface area contributed by atoms with Crippen LogP contribution in [-0.4, -0.2) is 40.5 Å². The van der Waals surface area contributed by atoms with E-state index in [0.29, 0.717) is 12.0 Å². The van der Waals surface area contributed by atoms with Crippen molar-refractivity contribution in [2.24, 2.45) is 0 Å². The summed E-state index contributed by atoms with van der Waals surface area (Å²) in [6.07, 6.45) is 0.886. The van der Waals surface area contributed by atoms with E-state index in [2.05, 4.69) is 10.5 Å². The van der Waals surface area contributed by atoms with Crippen molar-refractivity contribution >= 4 is 0 Å². The zero-order valence-corrected chi connectivity index (χ0v) is 10.8. The van der Waals surface area contributed by atoms with E-state index in [9.17, 15) is 14.7 Å². The molecule has 1 saturated heterocycles. The van der Waals surface area contributed by atoms with Gasteiger partial charge in [0.25, 0.3) is 5.56 Å². The molecule has 1 aromatic rings. The summed E-state index contributed by atoms with van der Waals surface area (Å²) in [4.78, 5) is 30.1. The first-order chi connectivity index (χ1) is 9.06. The Balaban J connectivity index is 2.27. The fourth-order valence-electron chi connectivity index (χ4n) is 2.15. The molecule has 1 fully saturated rings. The summed E-state index contributed by atoms with van der Waals surface area (Å²) >= 11 is 0. The van der Waals surface area contributed by atoms with Crippen LogP contribution in [0.15, 0.2) is 15.8 Å². The molecule has 3 unspecified atom stereocenters. The van der Waals surface area contributed by atoms with Crippen LogP contribution in [0.2, 0.25) is 0 Å². The molecular weight excluding hydrogens is 254 g/mol. The smallest absolute Gasteiger partial charge is 0.330 e. The summed E-state index contributed by atoms with van der Waals surface area (Å²) < 4.78 is 6.90. The second-order valence-electron chi connectivity index (χ2n) is 4.45. The molecule has 0 aliphatic carbocycles. The number of aliphatic hydroxyl groups excluding tert-OH is 1. The van der Waals surface area contributed by atoms with Crippen LogP contribution < -0.4 is 16.7 Å². The van der Waals surface area contributed by atoms with Gasteiger partial charge in [-0.05, 0) is 6.92 Å². The maximum absolute atomic E-state index is 11.8. The van der Waals surface area contributed by atoms with Crippen molar-refractivity contribution < 1.29 is 14.7 Å². The highest BCUT2D eigenvalue weighted by atomic mass is 16.6. The van der Waals surface area contributed by atoms with Crippen LogP contribution in [-0.2, 0) is 9.57 Å². The second kappa shape index (κ2) is 5.66. The summed E-state index contributed by atoms with van der Waals surface area (Å²) in [5, 5.41) is 9.23. The summed E-state index contributed by atoms with van der Waals surface area (Å²) in [7, 11) is 1.47. The van der Waals surface area contributed by atoms with Gasteiger partial charge in [0.15, 0.2) is 0 Å². The fraction of sp³-hybridized carbons (Fsp3) is 0.636. The molecule has 2 rings (SSSR count). The standard InChI is InChI=1S/C11H17N3O5/c1-6-4-14(11(17)12-10(6)16)9-3-7(13-18-2)8(5-15)19-9/h4,7-9,13,15H,3,5H2,1-2H3,(H,12,16,17). The topological polar surface area (TPSA) is 106 Å². The maximum atomic E-state index is 11.8. The maximum Gasteiger partial charge on any atom is 0.330 e. The Labute approximate surface area is 108 Å². The van der Waals surface area contributed by atoms with Gasteiger partial charge in [-0.1, -0.05) is 0 Å². The van der Waals surface area contributed by atoms with Crippen LogP contribution in [0.3, 0.4) is 0 Å². The largest absolute Gasteiger partial charge is 0.394 e. The molecule has 1 aliphatic rings. The van der Waals surface area contributed by atoms with E-state index < -0.39 is 23.6 Å². The van der Waals surface area contributed by atoms with E-state index in [0.717, 1.165) is 0 Å². The van der Waals surface area contributed by atoms with Crippen LogP contribution in [0.4, 0.5) is 0 Å². The molecule has 1 aromatic heterocycles. The van der Waals surface area contributed by atoms with Crippen molar-refractivity contribution in [1.82, 2.24) is 15.0 Å². The van der Waals surface area contributed by atoms with Crippen molar-refractivity contribution in [1.29, 1.82) is 0 Å². The van der Waals surface area contributed by atoms with Crippen LogP contribution in [0.1, 0.15) is 18.2 Å². The normalized spacial score (nSPS) is 26.8. The number of nitrogens with one attached hydrogen (secondary N) is 2. The van der Waals surface area contributed by atoms with Crippen LogP contribution >= 0.6 is 0 Å². The molecule has 0 spiro atoms. The predicted molar refractivity (Wildman–Crippen MR) is 65.6 cm³/mol. The highest BCUT2D eigenvalue weighted by molar-refractivity contribution is 5.02. The Hall–Kier alpha value is -1.48. The van der Waals surface area contributed by atoms with Gasteiger partial charge in [-0.15, -0.1) is 0 Å². The Morgan fingerprint density at radius 2 is 2.37 bits per heavy atom. The second-order valence-corrected chi connectivity index (χ2v) is 4.45. The molecule has 106 valence electrons. The van der Waals surface area contributed by atoms with E-state index in [1.54, 1.807) is 6.92 Å². The van der Waals surface area contributed by atoms with Gasteiger partial charge in [0.1, 0.15) is 12.3 Å². The molecule has 3 atom stereocenters. The van der Waals surface area contributed by atoms with Gasteiger partial charge < -0.3 is 14.7 Å². The van der Waals surface area contributed by atoms with Crippen LogP contribution in [0, 0.1) is 6.92 Å². The third-order valence-electron chi connectivity index (χ3n) is 3.14. The quantitative estimate of drug-likeness (QED) is 0.584. The van der Waals surface area contributed by atoms with Gasteiger partial charge in [0.2, 0.25) is 0 Å². The molecule has 1 aliphatic heterocycles. The van der Waals surface area contributed by atoms with Crippen molar-refractivity contribution in [3.63, 3.8) is 0 Å². The SMILES string of the molecule is CONC1CC(n2cc(C)c(=O)[nH]c2=O)OC1CO. The van der Waals surface area contributed by atoms with Gasteiger partial charge in [0.05, 0.1) is 19.8 Å². The lowest BCUT2D eigenvalue weighted by atomic mass is 10.1. The zero-order chi connectivity index (χ0) is 14.0. The zero-order valence-electron chi connectivity index (χ0n) is 10.8. The molecule has 8 heteroatoms. The van der Waals surface area contributed by atoms with Crippen molar-refractivity contribution in [2.75, 3.05) is 13.7 Å². The van der Waals surface area contributed by atoms with E-state index in [4.69, 9.17) is 9.57 Å². The number of hydrogen-bond donors (Lipinski definition) is 3. The first-order valence-electron chi connectivity index (χ1n) is 5.93. The van der Waals surface area contributed by atoms with Crippen LogP contribution in [0.5, 0.6) is 0 Å². The number of nitrogens with zero attached hydrogens (tertiary/aromatic N) is 1. The van der Waals surface area contributed by atoms with E-state index in [1.807, 2.05) is 0 Å². The molecule has 19 heavy (non-hydrogen) atoms. The van der Waals surface area contributed by atoms with E-state index in [1.165, 1.54) is 17.9 Å². The van der Waals surface area contributed by atoms with E-state index in [-0.39, 0.29) is 12.6 Å². The number of aryl methyl sites for hydroxylation is 1. The lowest BCUT2D eigenvalue weighted by Crippen LogP contribution is -2.37. The molecule has 0 bridgehead atoms. The predicted octanol–water partition coefficient (Wildman–Crippen LogP) is -1.36. The first kappa shape index (κ1) is 13.9. The molecule has 0 radical (unpaired) electrons. The van der Waals surface area contributed by atoms with Gasteiger partial charge >= 0.3 is 5.69 Å². The molecule has 2 heterocycles. The summed E-state index contributed by atoms with van der Waals surface area (Å²) in [5.41, 5.74) is 2.20. The summed E-state index contributed by atoms with van der Waals surface area (Å²) in [6, 6.07) is -0.223. The lowest BCUT2D eigenvalue weighted by Gasteiger charge is -2.15. The first-order valence-corrected chi connectivity index (χ1v) is 5.93. The number of aliphatic hydroxyl groups is 1. The minimum Gasteiger partial charge on any atom is -0.394 e. The Morgan fingerprint density at radius 1 is 1.63 bits per heavy atom. The Morgan fingerprint density at radius 3 is 3.00 bits per heavy atom. The summed E-state index contributed by atoms with van der Waals surface area (Å²) in [5.74, 6) is 0. The van der Waals surface area contributed by atoms with Gasteiger partial charge in [-0.3, -0.25) is 14.3 Å². The number of rotatable bonds is 4. The highest BCUT2D eigenvalue weighted by Crippen LogP contribution is 2.27. The Kier molecular flexibility index (Phi) is 4.15. The number of hydrogen-bond acceptors (Lipinski definition) is 6. The molecule has 0 amide bonds. The Bertz CT molecular complexity index is 552. The number of ether oxygens (including phenoxy) is 1. The minimum absolute atomic E-state index is 0.186. The number of hydroxylamine groups is 1. The molecule has 0 saturated carbocycles. The van der Waals surface area contributed by atoms with Gasteiger partial charge in [0, 0.05) is 18.2 Å². The van der Waals surface area contributed by atoms with Gasteiger partial charge in [-0.25, -0.2) is 4.79 Å². The minimum atomic E-state index is -0.548. The van der Waals surface area contributed by atoms with Crippen LogP contribution in [0.25, 0.3) is 0 Å². The fourth-order valence-corrected chi connectivity index (χ4v) is 2.15. The number of H-pyrrole nitrogens is 1. The summed E-state index contributed by atoms with van der Waals surface area (Å²) in [6.45, 7) is 1.42. The number of aromatic amines is 1. The third kappa shape index (κ3) is 2.76. The molecular formula is C11H17N3O5. The average molecular weight is 271 g/mol. The molecule has 3 N–H and O–H groups in total. The van der Waals surface area contributed by atoms with Crippen molar-refractivity contribution in [2.45, 2.75) is 31.7 Å². The molecule has 8 nitrogen and oxygen atoms in total. The van der Waals surface area contributed by atoms with Crippen molar-refractivity contribution in [3.05, 3.63) is 32.6 Å². The van der Waals surface area contributed by atoms with E-state index >= 15 is 0 Å².